The second kappa shape index (κ2) is 5.18. The lowest BCUT2D eigenvalue weighted by atomic mass is 10.1. The normalized spacial score (nSPS) is 25.9. The van der Waals surface area contributed by atoms with Crippen LogP contribution in [0.25, 0.3) is 0 Å². The van der Waals surface area contributed by atoms with Gasteiger partial charge in [0.25, 0.3) is 0 Å². The molecule has 0 bridgehead atoms. The highest BCUT2D eigenvalue weighted by Gasteiger charge is 2.13. The number of terminal acetylenes is 1. The highest BCUT2D eigenvalue weighted by molar-refractivity contribution is 5.44. The van der Waals surface area contributed by atoms with Gasteiger partial charge in [0.2, 0.25) is 0 Å². The molecule has 0 spiro atoms. The fourth-order valence-corrected chi connectivity index (χ4v) is 2.30. The fourth-order valence-electron chi connectivity index (χ4n) is 2.30. The molecule has 0 saturated carbocycles. The van der Waals surface area contributed by atoms with Crippen molar-refractivity contribution < 1.29 is 0 Å². The minimum Gasteiger partial charge on any atom is -0.299 e. The number of rotatable bonds is 2. The Labute approximate surface area is 98.5 Å². The largest absolute Gasteiger partial charge is 0.299 e. The Balaban J connectivity index is 2.08. The third kappa shape index (κ3) is 2.87. The highest BCUT2D eigenvalue weighted by Crippen LogP contribution is 2.17. The predicted octanol–water partition coefficient (Wildman–Crippen LogP) is 2.77. The molecule has 1 aliphatic carbocycles. The molecule has 1 nitrogen and oxygen atoms in total. The fraction of sp³-hybridized carbons (Fsp3) is 0.467. The van der Waals surface area contributed by atoms with Crippen LogP contribution in [0.2, 0.25) is 0 Å². The molecule has 0 radical (unpaired) electrons. The van der Waals surface area contributed by atoms with Crippen LogP contribution in [0.15, 0.2) is 35.5 Å². The van der Waals surface area contributed by atoms with Gasteiger partial charge in [0, 0.05) is 12.1 Å². The van der Waals surface area contributed by atoms with Crippen LogP contribution in [0.5, 0.6) is 0 Å². The van der Waals surface area contributed by atoms with Gasteiger partial charge in [0.05, 0.1) is 0 Å². The molecule has 1 heteroatoms. The molecular weight excluding hydrogens is 194 g/mol. The molecule has 16 heavy (non-hydrogen) atoms. The Kier molecular flexibility index (Phi) is 3.64. The molecule has 1 aliphatic heterocycles. The zero-order valence-electron chi connectivity index (χ0n) is 9.95. The van der Waals surface area contributed by atoms with Crippen LogP contribution in [-0.2, 0) is 0 Å². The summed E-state index contributed by atoms with van der Waals surface area (Å²) in [6.45, 7) is 5.67. The van der Waals surface area contributed by atoms with E-state index in [0.717, 1.165) is 12.1 Å². The van der Waals surface area contributed by atoms with E-state index < -0.39 is 0 Å². The maximum absolute atomic E-state index is 5.50. The van der Waals surface area contributed by atoms with Crippen LogP contribution in [-0.4, -0.2) is 24.5 Å². The van der Waals surface area contributed by atoms with Crippen molar-refractivity contribution in [2.24, 2.45) is 5.92 Å². The number of nitrogens with zero attached hydrogens (tertiary/aromatic N) is 1. The van der Waals surface area contributed by atoms with Crippen LogP contribution in [0, 0.1) is 18.3 Å². The van der Waals surface area contributed by atoms with Gasteiger partial charge >= 0.3 is 0 Å². The van der Waals surface area contributed by atoms with Gasteiger partial charge in [-0.1, -0.05) is 31.1 Å². The monoisotopic (exact) mass is 213 g/mol. The van der Waals surface area contributed by atoms with Gasteiger partial charge in [-0.3, -0.25) is 4.90 Å². The maximum Gasteiger partial charge on any atom is 0.0234 e. The van der Waals surface area contributed by atoms with Gasteiger partial charge in [0.15, 0.2) is 0 Å². The predicted molar refractivity (Wildman–Crippen MR) is 69.0 cm³/mol. The summed E-state index contributed by atoms with van der Waals surface area (Å²) in [5, 5.41) is 0. The first kappa shape index (κ1) is 11.2. The van der Waals surface area contributed by atoms with Gasteiger partial charge in [-0.15, -0.1) is 6.42 Å². The molecule has 1 atom stereocenters. The average molecular weight is 213 g/mol. The first-order chi connectivity index (χ1) is 7.78. The molecule has 1 saturated heterocycles. The molecule has 84 valence electrons. The molecule has 2 rings (SSSR count). The van der Waals surface area contributed by atoms with Crippen LogP contribution in [0.1, 0.15) is 19.8 Å². The SMILES string of the molecule is C#CC1=CC(C)C=CC(CN2CCCC2)=C1. The van der Waals surface area contributed by atoms with Crippen molar-refractivity contribution in [3.05, 3.63) is 35.5 Å². The van der Waals surface area contributed by atoms with Crippen LogP contribution in [0.4, 0.5) is 0 Å². The molecule has 0 aromatic carbocycles. The summed E-state index contributed by atoms with van der Waals surface area (Å²) in [5.74, 6) is 3.20. The smallest absolute Gasteiger partial charge is 0.0234 e. The molecule has 2 aliphatic rings. The number of allylic oxidation sites excluding steroid dienone is 4. The molecule has 1 heterocycles. The van der Waals surface area contributed by atoms with E-state index in [0.29, 0.717) is 5.92 Å². The summed E-state index contributed by atoms with van der Waals surface area (Å²) < 4.78 is 0. The lowest BCUT2D eigenvalue weighted by molar-refractivity contribution is 0.371. The van der Waals surface area contributed by atoms with Crippen molar-refractivity contribution in [3.63, 3.8) is 0 Å². The zero-order valence-corrected chi connectivity index (χ0v) is 9.95. The van der Waals surface area contributed by atoms with Crippen molar-refractivity contribution in [1.29, 1.82) is 0 Å². The van der Waals surface area contributed by atoms with Gasteiger partial charge in [-0.05, 0) is 43.5 Å². The van der Waals surface area contributed by atoms with Crippen molar-refractivity contribution in [2.45, 2.75) is 19.8 Å². The topological polar surface area (TPSA) is 3.24 Å². The Morgan fingerprint density at radius 2 is 2.19 bits per heavy atom. The van der Waals surface area contributed by atoms with E-state index in [1.807, 2.05) is 0 Å². The molecule has 0 aromatic heterocycles. The molecule has 0 aromatic rings. The van der Waals surface area contributed by atoms with Crippen LogP contribution in [0.3, 0.4) is 0 Å². The number of hydrogen-bond acceptors (Lipinski definition) is 1. The van der Waals surface area contributed by atoms with E-state index >= 15 is 0 Å². The minimum atomic E-state index is 0.443. The quantitative estimate of drug-likeness (QED) is 0.638. The molecule has 1 unspecified atom stereocenters. The van der Waals surface area contributed by atoms with Gasteiger partial charge in [-0.25, -0.2) is 0 Å². The first-order valence-electron chi connectivity index (χ1n) is 6.07. The lowest BCUT2D eigenvalue weighted by Gasteiger charge is -2.14. The molecule has 0 N–H and O–H groups in total. The van der Waals surface area contributed by atoms with Crippen molar-refractivity contribution in [3.8, 4) is 12.3 Å². The lowest BCUT2D eigenvalue weighted by Crippen LogP contribution is -2.21. The summed E-state index contributed by atoms with van der Waals surface area (Å²) in [6.07, 6.45) is 16.9. The van der Waals surface area contributed by atoms with E-state index in [1.54, 1.807) is 0 Å². The van der Waals surface area contributed by atoms with Crippen LogP contribution >= 0.6 is 0 Å². The zero-order chi connectivity index (χ0) is 11.4. The Hall–Kier alpha value is -1.26. The second-order valence-corrected chi connectivity index (χ2v) is 4.69. The third-order valence-electron chi connectivity index (χ3n) is 3.17. The van der Waals surface area contributed by atoms with Crippen molar-refractivity contribution >= 4 is 0 Å². The van der Waals surface area contributed by atoms with E-state index in [2.05, 4.69) is 42.0 Å². The Morgan fingerprint density at radius 3 is 2.88 bits per heavy atom. The second-order valence-electron chi connectivity index (χ2n) is 4.69. The maximum atomic E-state index is 5.50. The van der Waals surface area contributed by atoms with E-state index in [9.17, 15) is 0 Å². The average Bonchev–Trinajstić information content (AvgIpc) is 2.70. The van der Waals surface area contributed by atoms with Crippen molar-refractivity contribution in [1.82, 2.24) is 4.90 Å². The summed E-state index contributed by atoms with van der Waals surface area (Å²) in [4.78, 5) is 2.50. The third-order valence-corrected chi connectivity index (χ3v) is 3.17. The Bertz CT molecular complexity index is 373. The number of likely N-dealkylation sites (tertiary alicyclic amines) is 1. The minimum absolute atomic E-state index is 0.443. The summed E-state index contributed by atoms with van der Waals surface area (Å²) in [6, 6.07) is 0. The Morgan fingerprint density at radius 1 is 1.44 bits per heavy atom. The van der Waals surface area contributed by atoms with E-state index in [4.69, 9.17) is 6.42 Å². The van der Waals surface area contributed by atoms with E-state index in [1.165, 1.54) is 31.5 Å². The number of hydrogen-bond donors (Lipinski definition) is 0. The highest BCUT2D eigenvalue weighted by atomic mass is 15.1. The molecular formula is C15H19N. The standard InChI is InChI=1S/C15H19N/c1-3-14-10-13(2)6-7-15(11-14)12-16-8-4-5-9-16/h1,6-7,10-11,13H,4-5,8-9,12H2,2H3. The van der Waals surface area contributed by atoms with Gasteiger partial charge < -0.3 is 0 Å². The summed E-state index contributed by atoms with van der Waals surface area (Å²) >= 11 is 0. The van der Waals surface area contributed by atoms with Crippen molar-refractivity contribution in [2.75, 3.05) is 19.6 Å². The summed E-state index contributed by atoms with van der Waals surface area (Å²) in [7, 11) is 0. The summed E-state index contributed by atoms with van der Waals surface area (Å²) in [5.41, 5.74) is 2.36. The van der Waals surface area contributed by atoms with Crippen LogP contribution < -0.4 is 0 Å². The molecule has 1 fully saturated rings. The molecule has 0 amide bonds. The van der Waals surface area contributed by atoms with Gasteiger partial charge in [0.1, 0.15) is 0 Å². The first-order valence-corrected chi connectivity index (χ1v) is 6.07. The van der Waals surface area contributed by atoms with E-state index in [-0.39, 0.29) is 0 Å². The van der Waals surface area contributed by atoms with Gasteiger partial charge in [-0.2, -0.15) is 0 Å².